The van der Waals surface area contributed by atoms with Crippen LogP contribution < -0.4 is 26.1 Å². The second kappa shape index (κ2) is 16.2. The van der Waals surface area contributed by atoms with Gasteiger partial charge in [0.05, 0.1) is 46.9 Å². The summed E-state index contributed by atoms with van der Waals surface area (Å²) < 4.78 is 41.0. The van der Waals surface area contributed by atoms with Gasteiger partial charge in [0.1, 0.15) is 17.4 Å². The predicted octanol–water partition coefficient (Wildman–Crippen LogP) is 4.45. The number of hydrogen-bond acceptors (Lipinski definition) is 11. The van der Waals surface area contributed by atoms with Crippen LogP contribution in [0.15, 0.2) is 47.7 Å². The highest BCUT2D eigenvalue weighted by atomic mass is 19.3. The number of ether oxygens (including phenoxy) is 1. The average molecular weight is 855 g/mol. The molecule has 17 nitrogen and oxygen atoms in total. The molecule has 0 spiro atoms. The molecule has 8 heterocycles. The van der Waals surface area contributed by atoms with Crippen molar-refractivity contribution in [2.45, 2.75) is 101 Å². The Kier molecular flexibility index (Phi) is 10.6. The van der Waals surface area contributed by atoms with Crippen molar-refractivity contribution in [1.82, 2.24) is 43.7 Å². The second-order valence-electron chi connectivity index (χ2n) is 17.8. The number of carbonyl (C=O) groups excluding carboxylic acids is 3. The monoisotopic (exact) mass is 854 g/mol. The third-order valence-corrected chi connectivity index (χ3v) is 14.0. The lowest BCUT2D eigenvalue weighted by molar-refractivity contribution is -0.135. The summed E-state index contributed by atoms with van der Waals surface area (Å²) in [5.41, 5.74) is 2.23. The lowest BCUT2D eigenvalue weighted by Gasteiger charge is -2.40. The van der Waals surface area contributed by atoms with E-state index in [4.69, 9.17) is 9.72 Å². The zero-order valence-corrected chi connectivity index (χ0v) is 35.0. The summed E-state index contributed by atoms with van der Waals surface area (Å²) in [5, 5.41) is 13.7. The molecule has 4 saturated heterocycles. The highest BCUT2D eigenvalue weighted by Crippen LogP contribution is 2.37. The molecule has 5 fully saturated rings. The lowest BCUT2D eigenvalue weighted by Crippen LogP contribution is -2.45. The Morgan fingerprint density at radius 3 is 2.47 bits per heavy atom. The van der Waals surface area contributed by atoms with Crippen LogP contribution in [0.3, 0.4) is 0 Å². The number of para-hydroxylation sites is 1. The maximum absolute atomic E-state index is 14.4. The van der Waals surface area contributed by atoms with Crippen LogP contribution in [0, 0.1) is 5.92 Å². The molecular formula is C43H52F2N12O5. The van der Waals surface area contributed by atoms with E-state index in [-0.39, 0.29) is 47.5 Å². The van der Waals surface area contributed by atoms with E-state index in [2.05, 4.69) is 42.6 Å². The molecular weight excluding hydrogens is 803 g/mol. The van der Waals surface area contributed by atoms with E-state index >= 15 is 0 Å². The molecule has 3 amide bonds. The fourth-order valence-corrected chi connectivity index (χ4v) is 10.6. The molecule has 62 heavy (non-hydrogen) atoms. The summed E-state index contributed by atoms with van der Waals surface area (Å²) in [6.45, 7) is 4.01. The Labute approximate surface area is 356 Å². The molecule has 5 aliphatic rings. The minimum Gasteiger partial charge on any atom is -0.371 e. The number of hydrogen-bond donors (Lipinski definition) is 2. The van der Waals surface area contributed by atoms with Gasteiger partial charge < -0.3 is 24.8 Å². The number of aromatic nitrogens is 7. The van der Waals surface area contributed by atoms with Gasteiger partial charge in [-0.2, -0.15) is 10.2 Å². The van der Waals surface area contributed by atoms with E-state index in [9.17, 15) is 28.0 Å². The maximum Gasteiger partial charge on any atom is 0.329 e. The maximum atomic E-state index is 14.4. The van der Waals surface area contributed by atoms with Gasteiger partial charge in [-0.1, -0.05) is 6.07 Å². The van der Waals surface area contributed by atoms with Crippen LogP contribution >= 0.6 is 0 Å². The third kappa shape index (κ3) is 7.41. The van der Waals surface area contributed by atoms with E-state index in [1.165, 1.54) is 15.3 Å². The van der Waals surface area contributed by atoms with Gasteiger partial charge in [-0.15, -0.1) is 0 Å². The Hall–Kier alpha value is -5.69. The average Bonchev–Trinajstić information content (AvgIpc) is 4.04. The van der Waals surface area contributed by atoms with Crippen molar-refractivity contribution in [1.29, 1.82) is 0 Å². The number of nitrogens with one attached hydrogen (secondary N) is 2. The number of imide groups is 1. The van der Waals surface area contributed by atoms with E-state index in [0.717, 1.165) is 101 Å². The number of fused-ring (bicyclic) bond motifs is 4. The lowest BCUT2D eigenvalue weighted by atomic mass is 9.85. The Balaban J connectivity index is 0.747. The molecule has 4 aromatic heterocycles. The van der Waals surface area contributed by atoms with Crippen molar-refractivity contribution in [3.63, 3.8) is 0 Å². The number of amides is 3. The molecule has 19 heteroatoms. The first-order valence-electron chi connectivity index (χ1n) is 21.9. The summed E-state index contributed by atoms with van der Waals surface area (Å²) >= 11 is 0. The minimum absolute atomic E-state index is 0.0104. The first-order valence-corrected chi connectivity index (χ1v) is 21.9. The zero-order valence-electron chi connectivity index (χ0n) is 35.0. The largest absolute Gasteiger partial charge is 0.371 e. The number of benzene rings is 1. The molecule has 5 aromatic rings. The van der Waals surface area contributed by atoms with Crippen molar-refractivity contribution < 1.29 is 27.9 Å². The SMILES string of the molecule is CN(C[C@H]1CC[C@H](n2cc(NC(=O)c3cnn4ccc(N5C[C@H]6CC[C@@H](C5)O6)nc34)c(C(F)F)n2)CC1)C1CCN(c2cccc3c2n(C)c(=O)n3C2CCC(=O)NC2=O)CC1. The van der Waals surface area contributed by atoms with Gasteiger partial charge in [0.25, 0.3) is 12.3 Å². The number of rotatable bonds is 10. The Bertz CT molecular complexity index is 2570. The normalized spacial score (nSPS) is 24.8. The number of anilines is 3. The molecule has 4 aliphatic heterocycles. The number of morpholine rings is 1. The summed E-state index contributed by atoms with van der Waals surface area (Å²) in [4.78, 5) is 63.3. The first-order chi connectivity index (χ1) is 30.0. The number of alkyl halides is 2. The van der Waals surface area contributed by atoms with Crippen LogP contribution in [0.4, 0.5) is 26.0 Å². The quantitative estimate of drug-likeness (QED) is 0.191. The predicted molar refractivity (Wildman–Crippen MR) is 226 cm³/mol. The van der Waals surface area contributed by atoms with Crippen LogP contribution in [-0.4, -0.2) is 114 Å². The van der Waals surface area contributed by atoms with Gasteiger partial charge in [0.15, 0.2) is 11.3 Å². The molecule has 3 atom stereocenters. The smallest absolute Gasteiger partial charge is 0.329 e. The van der Waals surface area contributed by atoms with Gasteiger partial charge in [-0.3, -0.25) is 33.5 Å². The minimum atomic E-state index is -2.87. The molecule has 1 aliphatic carbocycles. The first kappa shape index (κ1) is 40.4. The number of piperidine rings is 2. The molecule has 1 saturated carbocycles. The van der Waals surface area contributed by atoms with Crippen LogP contribution in [0.2, 0.25) is 0 Å². The fraction of sp³-hybridized carbons (Fsp3) is 0.558. The summed E-state index contributed by atoms with van der Waals surface area (Å²) in [7, 11) is 3.92. The Morgan fingerprint density at radius 2 is 1.74 bits per heavy atom. The second-order valence-corrected chi connectivity index (χ2v) is 17.8. The van der Waals surface area contributed by atoms with Crippen LogP contribution in [0.5, 0.6) is 0 Å². The zero-order chi connectivity index (χ0) is 42.8. The van der Waals surface area contributed by atoms with E-state index in [1.807, 2.05) is 24.3 Å². The van der Waals surface area contributed by atoms with Crippen LogP contribution in [0.25, 0.3) is 16.7 Å². The number of imidazole rings is 1. The molecule has 2 N–H and O–H groups in total. The van der Waals surface area contributed by atoms with E-state index in [0.29, 0.717) is 29.5 Å². The highest BCUT2D eigenvalue weighted by molar-refractivity contribution is 6.08. The van der Waals surface area contributed by atoms with Crippen molar-refractivity contribution in [2.24, 2.45) is 13.0 Å². The van der Waals surface area contributed by atoms with Gasteiger partial charge >= 0.3 is 5.69 Å². The van der Waals surface area contributed by atoms with Crippen molar-refractivity contribution in [2.75, 3.05) is 54.9 Å². The molecule has 1 aromatic carbocycles. The number of nitrogens with zero attached hydrogens (tertiary/aromatic N) is 10. The molecule has 0 radical (unpaired) electrons. The van der Waals surface area contributed by atoms with Crippen LogP contribution in [-0.2, 0) is 21.4 Å². The topological polar surface area (TPSA) is 169 Å². The summed E-state index contributed by atoms with van der Waals surface area (Å²) in [6.07, 6.45) is 10.0. The van der Waals surface area contributed by atoms with Crippen molar-refractivity contribution >= 4 is 51.6 Å². The van der Waals surface area contributed by atoms with Crippen LogP contribution in [0.1, 0.15) is 98.8 Å². The van der Waals surface area contributed by atoms with E-state index < -0.39 is 30.0 Å². The van der Waals surface area contributed by atoms with Gasteiger partial charge in [0, 0.05) is 64.6 Å². The summed E-state index contributed by atoms with van der Waals surface area (Å²) in [6, 6.07) is 7.28. The van der Waals surface area contributed by atoms with Gasteiger partial charge in [-0.05, 0) is 89.0 Å². The number of aryl methyl sites for hydroxylation is 1. The van der Waals surface area contributed by atoms with Gasteiger partial charge in [-0.25, -0.2) is 23.1 Å². The highest BCUT2D eigenvalue weighted by Gasteiger charge is 2.36. The number of carbonyl (C=O) groups is 3. The van der Waals surface area contributed by atoms with Crippen molar-refractivity contribution in [3.05, 3.63) is 64.6 Å². The standard InChI is InChI=1S/C43H52F2N12O5/c1-51(26-14-17-53(18-15-26)32-4-3-5-33-38(32)52(2)43(61)57(33)34-12-13-36(58)49-42(34)60)21-25-6-8-27(9-7-25)56-24-31(37(50-56)39(44)45)47-41(59)30-20-46-55-19-16-35(48-40(30)55)54-22-28-10-11-29(23-54)62-28/h3-5,16,19-20,24-29,34,39H,6-15,17-18,21-23H2,1-2H3,(H,47,59)(H,49,58,60)/t25-,27-,28-,29+,34?. The molecule has 1 unspecified atom stereocenters. The molecule has 2 bridgehead atoms. The molecule has 328 valence electrons. The summed E-state index contributed by atoms with van der Waals surface area (Å²) in [5.74, 6) is -0.157. The third-order valence-electron chi connectivity index (χ3n) is 14.0. The van der Waals surface area contributed by atoms with Crippen molar-refractivity contribution in [3.8, 4) is 0 Å². The Morgan fingerprint density at radius 1 is 0.984 bits per heavy atom. The fourth-order valence-electron chi connectivity index (χ4n) is 10.6. The molecule has 10 rings (SSSR count). The van der Waals surface area contributed by atoms with E-state index in [1.54, 1.807) is 28.7 Å². The number of halogens is 2. The van der Waals surface area contributed by atoms with Gasteiger partial charge in [0.2, 0.25) is 11.8 Å².